The van der Waals surface area contributed by atoms with Gasteiger partial charge in [0, 0.05) is 12.6 Å². The first-order valence-corrected chi connectivity index (χ1v) is 8.48. The van der Waals surface area contributed by atoms with E-state index in [1.165, 1.54) is 31.3 Å². The summed E-state index contributed by atoms with van der Waals surface area (Å²) in [5, 5.41) is 0. The van der Waals surface area contributed by atoms with Gasteiger partial charge in [-0.1, -0.05) is 12.1 Å². The summed E-state index contributed by atoms with van der Waals surface area (Å²) in [7, 11) is 4.79. The Hall–Kier alpha value is -2.93. The maximum absolute atomic E-state index is 13.1. The first-order valence-electron chi connectivity index (χ1n) is 8.48. The Morgan fingerprint density at radius 3 is 2.37 bits per heavy atom. The number of carbonyl (C=O) groups is 2. The number of anilines is 1. The van der Waals surface area contributed by atoms with Crippen LogP contribution in [-0.2, 0) is 16.1 Å². The summed E-state index contributed by atoms with van der Waals surface area (Å²) in [6.45, 7) is 0.434. The molecule has 0 unspecified atom stereocenters. The van der Waals surface area contributed by atoms with Crippen LogP contribution in [0.3, 0.4) is 0 Å². The topological polar surface area (TPSA) is 59.1 Å². The number of nitrogens with zero attached hydrogens (tertiary/aromatic N) is 2. The third-order valence-corrected chi connectivity index (χ3v) is 4.63. The van der Waals surface area contributed by atoms with Crippen molar-refractivity contribution in [1.82, 2.24) is 4.90 Å². The third kappa shape index (κ3) is 3.78. The van der Waals surface area contributed by atoms with Crippen molar-refractivity contribution in [2.24, 2.45) is 0 Å². The number of hydrogen-bond donors (Lipinski definition) is 0. The number of benzene rings is 2. The molecule has 2 aromatic carbocycles. The van der Waals surface area contributed by atoms with Crippen LogP contribution in [0, 0.1) is 5.82 Å². The molecule has 1 saturated heterocycles. The van der Waals surface area contributed by atoms with Crippen molar-refractivity contribution in [3.05, 3.63) is 53.8 Å². The SMILES string of the molecule is COc1ccc(N2C(=O)C[C@@H](N(C)Cc3ccc(F)cc3)C2=O)cc1OC. The van der Waals surface area contributed by atoms with Crippen LogP contribution in [-0.4, -0.2) is 44.0 Å². The summed E-state index contributed by atoms with van der Waals surface area (Å²) in [5.74, 6) is 0.0807. The molecule has 0 spiro atoms. The molecule has 3 rings (SSSR count). The largest absolute Gasteiger partial charge is 0.493 e. The van der Waals surface area contributed by atoms with E-state index in [-0.39, 0.29) is 24.1 Å². The molecule has 0 aliphatic carbocycles. The molecular formula is C20H21FN2O4. The molecule has 0 aromatic heterocycles. The first-order chi connectivity index (χ1) is 12.9. The summed E-state index contributed by atoms with van der Waals surface area (Å²) in [6, 6.07) is 10.4. The van der Waals surface area contributed by atoms with Gasteiger partial charge in [-0.3, -0.25) is 14.5 Å². The molecule has 0 N–H and O–H groups in total. The Labute approximate surface area is 157 Å². The quantitative estimate of drug-likeness (QED) is 0.730. The second kappa shape index (κ2) is 7.75. The predicted octanol–water partition coefficient (Wildman–Crippen LogP) is 2.61. The number of rotatable bonds is 6. The van der Waals surface area contributed by atoms with Crippen LogP contribution in [0.2, 0.25) is 0 Å². The molecule has 1 atom stereocenters. The third-order valence-electron chi connectivity index (χ3n) is 4.63. The van der Waals surface area contributed by atoms with Gasteiger partial charge in [0.2, 0.25) is 5.91 Å². The van der Waals surface area contributed by atoms with Gasteiger partial charge in [0.25, 0.3) is 5.91 Å². The number of imide groups is 1. The molecule has 2 aromatic rings. The highest BCUT2D eigenvalue weighted by atomic mass is 19.1. The minimum Gasteiger partial charge on any atom is -0.493 e. The van der Waals surface area contributed by atoms with Gasteiger partial charge in [-0.05, 0) is 36.9 Å². The average molecular weight is 372 g/mol. The Bertz CT molecular complexity index is 854. The molecule has 0 radical (unpaired) electrons. The second-order valence-corrected chi connectivity index (χ2v) is 6.37. The predicted molar refractivity (Wildman–Crippen MR) is 98.3 cm³/mol. The number of methoxy groups -OCH3 is 2. The van der Waals surface area contributed by atoms with Gasteiger partial charge in [-0.2, -0.15) is 0 Å². The molecule has 27 heavy (non-hydrogen) atoms. The lowest BCUT2D eigenvalue weighted by molar-refractivity contribution is -0.122. The zero-order valence-electron chi connectivity index (χ0n) is 15.4. The van der Waals surface area contributed by atoms with Gasteiger partial charge >= 0.3 is 0 Å². The zero-order valence-corrected chi connectivity index (χ0v) is 15.4. The van der Waals surface area contributed by atoms with Crippen LogP contribution < -0.4 is 14.4 Å². The van der Waals surface area contributed by atoms with Crippen molar-refractivity contribution >= 4 is 17.5 Å². The molecular weight excluding hydrogens is 351 g/mol. The van der Waals surface area contributed by atoms with Gasteiger partial charge in [0.15, 0.2) is 11.5 Å². The number of ether oxygens (including phenoxy) is 2. The fourth-order valence-corrected chi connectivity index (χ4v) is 3.18. The number of halogens is 1. The van der Waals surface area contributed by atoms with E-state index in [0.717, 1.165) is 5.56 Å². The van der Waals surface area contributed by atoms with Crippen molar-refractivity contribution in [2.45, 2.75) is 19.0 Å². The second-order valence-electron chi connectivity index (χ2n) is 6.37. The number of hydrogen-bond acceptors (Lipinski definition) is 5. The highest BCUT2D eigenvalue weighted by Gasteiger charge is 2.41. The Morgan fingerprint density at radius 1 is 1.07 bits per heavy atom. The number of carbonyl (C=O) groups excluding carboxylic acids is 2. The van der Waals surface area contributed by atoms with Crippen LogP contribution in [0.25, 0.3) is 0 Å². The Balaban J connectivity index is 1.79. The summed E-state index contributed by atoms with van der Waals surface area (Å²) < 4.78 is 23.5. The van der Waals surface area contributed by atoms with Crippen LogP contribution in [0.15, 0.2) is 42.5 Å². The first kappa shape index (κ1) is 18.8. The maximum Gasteiger partial charge on any atom is 0.251 e. The minimum absolute atomic E-state index is 0.0882. The molecule has 7 heteroatoms. The zero-order chi connectivity index (χ0) is 19.6. The van der Waals surface area contributed by atoms with Crippen molar-refractivity contribution in [1.29, 1.82) is 0 Å². The van der Waals surface area contributed by atoms with Gasteiger partial charge < -0.3 is 9.47 Å². The molecule has 0 saturated carbocycles. The van der Waals surface area contributed by atoms with E-state index >= 15 is 0 Å². The maximum atomic E-state index is 13.1. The molecule has 1 fully saturated rings. The van der Waals surface area contributed by atoms with Crippen molar-refractivity contribution in [3.63, 3.8) is 0 Å². The molecule has 6 nitrogen and oxygen atoms in total. The molecule has 1 aliphatic rings. The normalized spacial score (nSPS) is 16.9. The summed E-state index contributed by atoms with van der Waals surface area (Å²) >= 11 is 0. The lowest BCUT2D eigenvalue weighted by atomic mass is 10.1. The molecule has 1 aliphatic heterocycles. The molecule has 0 bridgehead atoms. The smallest absolute Gasteiger partial charge is 0.251 e. The van der Waals surface area contributed by atoms with E-state index in [2.05, 4.69) is 0 Å². The highest BCUT2D eigenvalue weighted by molar-refractivity contribution is 6.22. The van der Waals surface area contributed by atoms with Gasteiger partial charge in [0.1, 0.15) is 5.82 Å². The van der Waals surface area contributed by atoms with Crippen LogP contribution in [0.4, 0.5) is 10.1 Å². The van der Waals surface area contributed by atoms with E-state index in [4.69, 9.17) is 9.47 Å². The summed E-state index contributed by atoms with van der Waals surface area (Å²) in [4.78, 5) is 28.4. The monoisotopic (exact) mass is 372 g/mol. The van der Waals surface area contributed by atoms with Crippen LogP contribution in [0.1, 0.15) is 12.0 Å². The standard InChI is InChI=1S/C20H21FN2O4/c1-22(12-13-4-6-14(21)7-5-13)16-11-19(24)23(20(16)25)15-8-9-17(26-2)18(10-15)27-3/h4-10,16H,11-12H2,1-3H3/t16-/m1/s1. The molecule has 142 valence electrons. The lowest BCUT2D eigenvalue weighted by Crippen LogP contribution is -2.39. The van der Waals surface area contributed by atoms with Gasteiger partial charge in [0.05, 0.1) is 32.4 Å². The molecule has 1 heterocycles. The Kier molecular flexibility index (Phi) is 5.41. The number of likely N-dealkylation sites (N-methyl/N-ethyl adjacent to an activating group) is 1. The minimum atomic E-state index is -0.573. The average Bonchev–Trinajstić information content (AvgIpc) is 2.97. The van der Waals surface area contributed by atoms with E-state index in [1.54, 1.807) is 42.3 Å². The van der Waals surface area contributed by atoms with Gasteiger partial charge in [-0.15, -0.1) is 0 Å². The molecule has 2 amide bonds. The van der Waals surface area contributed by atoms with E-state index in [0.29, 0.717) is 23.7 Å². The lowest BCUT2D eigenvalue weighted by Gasteiger charge is -2.23. The Morgan fingerprint density at radius 2 is 1.74 bits per heavy atom. The van der Waals surface area contributed by atoms with E-state index in [1.807, 2.05) is 0 Å². The van der Waals surface area contributed by atoms with Crippen molar-refractivity contribution in [3.8, 4) is 11.5 Å². The highest BCUT2D eigenvalue weighted by Crippen LogP contribution is 2.34. The van der Waals surface area contributed by atoms with E-state index < -0.39 is 6.04 Å². The van der Waals surface area contributed by atoms with Crippen LogP contribution in [0.5, 0.6) is 11.5 Å². The summed E-state index contributed by atoms with van der Waals surface area (Å²) in [6.07, 6.45) is 0.0882. The van der Waals surface area contributed by atoms with Crippen molar-refractivity contribution in [2.75, 3.05) is 26.2 Å². The fourth-order valence-electron chi connectivity index (χ4n) is 3.18. The van der Waals surface area contributed by atoms with Gasteiger partial charge in [-0.25, -0.2) is 9.29 Å². The van der Waals surface area contributed by atoms with Crippen LogP contribution >= 0.6 is 0 Å². The van der Waals surface area contributed by atoms with E-state index in [9.17, 15) is 14.0 Å². The summed E-state index contributed by atoms with van der Waals surface area (Å²) in [5.41, 5.74) is 1.31. The number of amides is 2. The van der Waals surface area contributed by atoms with Crippen molar-refractivity contribution < 1.29 is 23.5 Å². The fraction of sp³-hybridized carbons (Fsp3) is 0.300.